The molecular weight excluding hydrogens is 452 g/mol. The lowest BCUT2D eigenvalue weighted by Crippen LogP contribution is -2.37. The minimum Gasteiger partial charge on any atom is -0.479 e. The highest BCUT2D eigenvalue weighted by atomic mass is 16.5. The standard InChI is InChI=1S/C29H38N4O3/c1-18-12-14-32(15-13-18)27-25(26(28(34)35)36-29(3,4)5)19(2)30-24-17-23(31-33(24)27)22-11-10-20-8-6-7-9-21(20)16-22/h10-11,16-18,26H,6-9,12-15H2,1-5H3,(H,34,35). The summed E-state index contributed by atoms with van der Waals surface area (Å²) in [5, 5.41) is 15.3. The highest BCUT2D eigenvalue weighted by Gasteiger charge is 2.35. The number of piperidine rings is 1. The molecule has 0 radical (unpaired) electrons. The number of aliphatic carboxylic acids is 1. The fourth-order valence-electron chi connectivity index (χ4n) is 5.57. The molecule has 5 rings (SSSR count). The van der Waals surface area contributed by atoms with Crippen molar-refractivity contribution in [1.82, 2.24) is 14.6 Å². The van der Waals surface area contributed by atoms with Crippen LogP contribution in [0.5, 0.6) is 0 Å². The van der Waals surface area contributed by atoms with Crippen molar-refractivity contribution >= 4 is 17.4 Å². The van der Waals surface area contributed by atoms with Crippen molar-refractivity contribution < 1.29 is 14.6 Å². The molecule has 0 bridgehead atoms. The Balaban J connectivity index is 1.68. The molecule has 2 aromatic heterocycles. The molecule has 1 aromatic carbocycles. The normalized spacial score (nSPS) is 17.9. The number of rotatable bonds is 5. The van der Waals surface area contributed by atoms with Crippen LogP contribution in [-0.4, -0.2) is 44.4 Å². The Morgan fingerprint density at radius 2 is 1.81 bits per heavy atom. The van der Waals surface area contributed by atoms with Gasteiger partial charge in [-0.3, -0.25) is 0 Å². The topological polar surface area (TPSA) is 80.0 Å². The maximum absolute atomic E-state index is 12.5. The Hall–Kier alpha value is -2.93. The third kappa shape index (κ3) is 4.85. The van der Waals surface area contributed by atoms with Crippen LogP contribution in [0.25, 0.3) is 16.9 Å². The van der Waals surface area contributed by atoms with Crippen LogP contribution in [0.4, 0.5) is 5.82 Å². The molecule has 3 heterocycles. The summed E-state index contributed by atoms with van der Waals surface area (Å²) < 4.78 is 7.97. The van der Waals surface area contributed by atoms with E-state index in [0.717, 1.165) is 61.5 Å². The Morgan fingerprint density at radius 3 is 2.47 bits per heavy atom. The van der Waals surface area contributed by atoms with Crippen molar-refractivity contribution in [2.45, 2.75) is 84.8 Å². The van der Waals surface area contributed by atoms with Crippen LogP contribution in [0, 0.1) is 12.8 Å². The van der Waals surface area contributed by atoms with Gasteiger partial charge >= 0.3 is 5.97 Å². The number of fused-ring (bicyclic) bond motifs is 2. The number of carboxylic acid groups (broad SMARTS) is 1. The van der Waals surface area contributed by atoms with Crippen molar-refractivity contribution in [3.63, 3.8) is 0 Å². The van der Waals surface area contributed by atoms with Gasteiger partial charge in [0.15, 0.2) is 11.8 Å². The maximum Gasteiger partial charge on any atom is 0.337 e. The van der Waals surface area contributed by atoms with E-state index in [9.17, 15) is 9.90 Å². The van der Waals surface area contributed by atoms with Crippen LogP contribution >= 0.6 is 0 Å². The Kier molecular flexibility index (Phi) is 6.54. The molecular formula is C29H38N4O3. The smallest absolute Gasteiger partial charge is 0.337 e. The molecule has 3 aromatic rings. The first-order valence-corrected chi connectivity index (χ1v) is 13.3. The van der Waals surface area contributed by atoms with Crippen LogP contribution in [0.1, 0.15) is 81.9 Å². The lowest BCUT2D eigenvalue weighted by molar-refractivity contribution is -0.160. The predicted octanol–water partition coefficient (Wildman–Crippen LogP) is 5.76. The van der Waals surface area contributed by atoms with E-state index >= 15 is 0 Å². The van der Waals surface area contributed by atoms with Crippen LogP contribution < -0.4 is 4.90 Å². The SMILES string of the molecule is Cc1nc2cc(-c3ccc4c(c3)CCCC4)nn2c(N2CCC(C)CC2)c1C(OC(C)(C)C)C(=O)O. The number of hydrogen-bond donors (Lipinski definition) is 1. The lowest BCUT2D eigenvalue weighted by atomic mass is 9.90. The molecule has 1 fully saturated rings. The van der Waals surface area contributed by atoms with E-state index < -0.39 is 17.7 Å². The highest BCUT2D eigenvalue weighted by Crippen LogP contribution is 2.37. The van der Waals surface area contributed by atoms with E-state index in [2.05, 4.69) is 30.0 Å². The summed E-state index contributed by atoms with van der Waals surface area (Å²) in [6, 6.07) is 8.69. The molecule has 192 valence electrons. The second kappa shape index (κ2) is 9.51. The maximum atomic E-state index is 12.5. The van der Waals surface area contributed by atoms with Gasteiger partial charge in [-0.05, 0) is 89.3 Å². The molecule has 7 nitrogen and oxygen atoms in total. The van der Waals surface area contributed by atoms with E-state index in [1.54, 1.807) is 0 Å². The summed E-state index contributed by atoms with van der Waals surface area (Å²) in [5.41, 5.74) is 6.17. The number of anilines is 1. The van der Waals surface area contributed by atoms with Crippen LogP contribution in [0.15, 0.2) is 24.3 Å². The monoisotopic (exact) mass is 490 g/mol. The molecule has 1 saturated heterocycles. The molecule has 0 amide bonds. The van der Waals surface area contributed by atoms with E-state index in [-0.39, 0.29) is 0 Å². The van der Waals surface area contributed by atoms with Crippen molar-refractivity contribution in [3.05, 3.63) is 46.6 Å². The number of nitrogens with zero attached hydrogens (tertiary/aromatic N) is 4. The molecule has 1 N–H and O–H groups in total. The van der Waals surface area contributed by atoms with Gasteiger partial charge in [0.25, 0.3) is 0 Å². The quantitative estimate of drug-likeness (QED) is 0.490. The van der Waals surface area contributed by atoms with E-state index in [4.69, 9.17) is 14.8 Å². The van der Waals surface area contributed by atoms with Crippen LogP contribution in [0.3, 0.4) is 0 Å². The van der Waals surface area contributed by atoms with Gasteiger partial charge in [-0.1, -0.05) is 19.1 Å². The van der Waals surface area contributed by atoms with E-state index in [1.807, 2.05) is 38.3 Å². The van der Waals surface area contributed by atoms with Gasteiger partial charge in [0, 0.05) is 30.4 Å². The molecule has 1 aliphatic carbocycles. The van der Waals surface area contributed by atoms with Gasteiger partial charge in [0.05, 0.1) is 16.9 Å². The molecule has 1 aliphatic heterocycles. The summed E-state index contributed by atoms with van der Waals surface area (Å²) in [6.07, 6.45) is 5.72. The summed E-state index contributed by atoms with van der Waals surface area (Å²) in [6.45, 7) is 11.5. The van der Waals surface area contributed by atoms with Gasteiger partial charge in [0.2, 0.25) is 0 Å². The van der Waals surface area contributed by atoms with Gasteiger partial charge in [0.1, 0.15) is 5.82 Å². The van der Waals surface area contributed by atoms with Crippen molar-refractivity contribution in [1.29, 1.82) is 0 Å². The first kappa shape index (κ1) is 24.8. The van der Waals surface area contributed by atoms with Gasteiger partial charge in [-0.25, -0.2) is 9.78 Å². The van der Waals surface area contributed by atoms with Gasteiger partial charge in [-0.15, -0.1) is 0 Å². The summed E-state index contributed by atoms with van der Waals surface area (Å²) >= 11 is 0. The third-order valence-corrected chi connectivity index (χ3v) is 7.49. The van der Waals surface area contributed by atoms with E-state index in [0.29, 0.717) is 17.2 Å². The summed E-state index contributed by atoms with van der Waals surface area (Å²) in [7, 11) is 0. The molecule has 7 heteroatoms. The number of ether oxygens (including phenoxy) is 1. The van der Waals surface area contributed by atoms with Gasteiger partial charge in [-0.2, -0.15) is 9.61 Å². The molecule has 1 unspecified atom stereocenters. The fourth-order valence-corrected chi connectivity index (χ4v) is 5.57. The first-order chi connectivity index (χ1) is 17.1. The second-order valence-corrected chi connectivity index (χ2v) is 11.5. The minimum absolute atomic E-state index is 0.597. The first-order valence-electron chi connectivity index (χ1n) is 13.3. The van der Waals surface area contributed by atoms with Crippen molar-refractivity contribution in [2.24, 2.45) is 5.92 Å². The number of hydrogen-bond acceptors (Lipinski definition) is 5. The van der Waals surface area contributed by atoms with Crippen molar-refractivity contribution in [2.75, 3.05) is 18.0 Å². The highest BCUT2D eigenvalue weighted by molar-refractivity contribution is 5.79. The average molecular weight is 491 g/mol. The molecule has 36 heavy (non-hydrogen) atoms. The second-order valence-electron chi connectivity index (χ2n) is 11.5. The zero-order chi connectivity index (χ0) is 25.6. The Bertz CT molecular complexity index is 1280. The molecule has 0 saturated carbocycles. The number of aromatic nitrogens is 3. The molecule has 2 aliphatic rings. The lowest BCUT2D eigenvalue weighted by Gasteiger charge is -2.35. The van der Waals surface area contributed by atoms with Crippen molar-refractivity contribution in [3.8, 4) is 11.3 Å². The van der Waals surface area contributed by atoms with Crippen LogP contribution in [0.2, 0.25) is 0 Å². The Morgan fingerprint density at radius 1 is 1.11 bits per heavy atom. The third-order valence-electron chi connectivity index (χ3n) is 7.49. The predicted molar refractivity (Wildman–Crippen MR) is 142 cm³/mol. The molecule has 0 spiro atoms. The Labute approximate surface area is 213 Å². The van der Waals surface area contributed by atoms with Crippen LogP contribution in [-0.2, 0) is 22.4 Å². The van der Waals surface area contributed by atoms with Gasteiger partial charge < -0.3 is 14.7 Å². The molecule has 1 atom stereocenters. The number of carboxylic acids is 1. The fraction of sp³-hybridized carbons (Fsp3) is 0.552. The average Bonchev–Trinajstić information content (AvgIpc) is 3.25. The largest absolute Gasteiger partial charge is 0.479 e. The zero-order valence-corrected chi connectivity index (χ0v) is 22.2. The zero-order valence-electron chi connectivity index (χ0n) is 22.2. The number of aryl methyl sites for hydroxylation is 3. The summed E-state index contributed by atoms with van der Waals surface area (Å²) in [5.74, 6) is 0.432. The summed E-state index contributed by atoms with van der Waals surface area (Å²) in [4.78, 5) is 19.6. The van der Waals surface area contributed by atoms with E-state index in [1.165, 1.54) is 24.0 Å². The number of carbonyl (C=O) groups is 1. The number of benzene rings is 1. The minimum atomic E-state index is -1.13.